The van der Waals surface area contributed by atoms with Gasteiger partial charge in [0.2, 0.25) is 0 Å². The molecule has 25 heavy (non-hydrogen) atoms. The standard InChI is InChI=1S/C9H7.C8H9NO.C2H6Si.2ClH.Ti/c1-2-5-9-7-3-6-8(9)4-1;1-6-3-2-4-7(5-6)8(9)10;1-3-2;;;/h1-7H;2-5H,1H3,(H2,9,10);1-2H3;2*1H;/q-1;;;;;+2/p-3. The molecule has 0 aliphatic rings. The Kier molecular flexibility index (Phi) is 14.7. The Morgan fingerprint density at radius 1 is 1.08 bits per heavy atom. The number of carbonyl (C=O) groups is 1. The normalized spacial score (nSPS) is 8.68. The number of halogens is 2. The number of nitrogens with one attached hydrogen (secondary N) is 1. The predicted octanol–water partition coefficient (Wildman–Crippen LogP) is 6.91. The number of carbonyl (C=O) groups excluding carboxylic acids is 1. The zero-order valence-corrected chi connectivity index (χ0v) is 18.6. The van der Waals surface area contributed by atoms with E-state index in [0.717, 1.165) is 15.1 Å². The fourth-order valence-electron chi connectivity index (χ4n) is 1.86. The number of aryl methyl sites for hydroxylation is 1. The van der Waals surface area contributed by atoms with Crippen molar-refractivity contribution >= 4 is 44.8 Å². The van der Waals surface area contributed by atoms with Crippen molar-refractivity contribution in [2.45, 2.75) is 20.0 Å². The number of benzene rings is 2. The van der Waals surface area contributed by atoms with Crippen molar-refractivity contribution in [3.05, 3.63) is 83.6 Å². The number of amides is 1. The fourth-order valence-corrected chi connectivity index (χ4v) is 1.86. The molecule has 2 nitrogen and oxygen atoms in total. The van der Waals surface area contributed by atoms with Crippen LogP contribution in [-0.2, 0) is 17.0 Å². The Balaban J connectivity index is 0.000000354. The summed E-state index contributed by atoms with van der Waals surface area (Å²) >= 11 is -0.556. The molecule has 2 radical (unpaired) electrons. The summed E-state index contributed by atoms with van der Waals surface area (Å²) in [7, 11) is 10.9. The minimum absolute atomic E-state index is 0.458. The van der Waals surface area contributed by atoms with Gasteiger partial charge in [-0.05, 0) is 12.5 Å². The molecule has 0 aromatic heterocycles. The van der Waals surface area contributed by atoms with E-state index in [9.17, 15) is 4.79 Å². The first-order valence-corrected chi connectivity index (χ1v) is 13.8. The van der Waals surface area contributed by atoms with Crippen LogP contribution in [0.5, 0.6) is 0 Å². The van der Waals surface area contributed by atoms with Crippen molar-refractivity contribution in [2.75, 3.05) is 0 Å². The Labute approximate surface area is 169 Å². The van der Waals surface area contributed by atoms with E-state index in [1.165, 1.54) is 10.8 Å². The van der Waals surface area contributed by atoms with Gasteiger partial charge in [-0.25, -0.2) is 0 Å². The van der Waals surface area contributed by atoms with Gasteiger partial charge in [0.15, 0.2) is 0 Å². The second-order valence-corrected chi connectivity index (χ2v) is 8.50. The molecule has 0 aliphatic heterocycles. The largest absolute Gasteiger partial charge is 0.168 e. The van der Waals surface area contributed by atoms with Gasteiger partial charge < -0.3 is 10.5 Å². The van der Waals surface area contributed by atoms with Crippen LogP contribution in [-0.4, -0.2) is 15.4 Å². The van der Waals surface area contributed by atoms with E-state index in [1.54, 1.807) is 18.2 Å². The summed E-state index contributed by atoms with van der Waals surface area (Å²) in [5.74, 6) is -0.622. The third kappa shape index (κ3) is 11.3. The molecule has 1 amide bonds. The minimum Gasteiger partial charge on any atom is -0.168 e. The molecule has 3 rings (SSSR count). The van der Waals surface area contributed by atoms with E-state index in [1.807, 2.05) is 13.0 Å². The van der Waals surface area contributed by atoms with Crippen molar-refractivity contribution in [1.29, 1.82) is 0 Å². The topological polar surface area (TPSA) is 40.9 Å². The molecule has 0 aliphatic carbocycles. The maximum absolute atomic E-state index is 10.5. The van der Waals surface area contributed by atoms with Crippen LogP contribution in [0, 0.1) is 6.92 Å². The van der Waals surface area contributed by atoms with Gasteiger partial charge in [0.1, 0.15) is 0 Å². The van der Waals surface area contributed by atoms with Crippen molar-refractivity contribution in [1.82, 2.24) is 0 Å². The van der Waals surface area contributed by atoms with Crippen LogP contribution in [0.15, 0.2) is 66.7 Å². The van der Waals surface area contributed by atoms with Gasteiger partial charge in [-0.2, -0.15) is 17.5 Å². The first kappa shape index (κ1) is 24.0. The van der Waals surface area contributed by atoms with Crippen LogP contribution in [0.3, 0.4) is 0 Å². The molecular formula is C19H21Cl2NOSiTi-2. The Morgan fingerprint density at radius 3 is 2.16 bits per heavy atom. The summed E-state index contributed by atoms with van der Waals surface area (Å²) in [5, 5.41) is 2.66. The molecule has 0 unspecified atom stereocenters. The molecule has 0 saturated carbocycles. The molecule has 6 heteroatoms. The molecule has 3 aromatic carbocycles. The van der Waals surface area contributed by atoms with E-state index in [4.69, 9.17) is 24.3 Å². The van der Waals surface area contributed by atoms with Crippen molar-refractivity contribution in [3.8, 4) is 0 Å². The van der Waals surface area contributed by atoms with Crippen LogP contribution in [0.25, 0.3) is 16.5 Å². The molecule has 0 atom stereocenters. The number of rotatable bonds is 1. The smallest absolute Gasteiger partial charge is 0.0809 e. The maximum atomic E-state index is 10.5. The second kappa shape index (κ2) is 15.3. The molecule has 132 valence electrons. The van der Waals surface area contributed by atoms with Crippen molar-refractivity contribution in [3.63, 3.8) is 0 Å². The molecular weight excluding hydrogens is 405 g/mol. The third-order valence-corrected chi connectivity index (χ3v) is 2.83. The molecule has 0 bridgehead atoms. The summed E-state index contributed by atoms with van der Waals surface area (Å²) < 4.78 is 0. The van der Waals surface area contributed by atoms with Gasteiger partial charge in [-0.1, -0.05) is 49.0 Å². The predicted molar refractivity (Wildman–Crippen MR) is 109 cm³/mol. The van der Waals surface area contributed by atoms with Gasteiger partial charge in [0.25, 0.3) is 0 Å². The third-order valence-electron chi connectivity index (χ3n) is 2.83. The summed E-state index contributed by atoms with van der Waals surface area (Å²) in [6.07, 6.45) is 0. The maximum Gasteiger partial charge on any atom is -0.0809 e. The van der Waals surface area contributed by atoms with E-state index in [2.05, 4.69) is 55.6 Å². The van der Waals surface area contributed by atoms with Crippen LogP contribution < -0.4 is 0 Å². The first-order chi connectivity index (χ1) is 12.0. The summed E-state index contributed by atoms with van der Waals surface area (Å²) in [6, 6.07) is 21.7. The first-order valence-electron chi connectivity index (χ1n) is 7.47. The van der Waals surface area contributed by atoms with Crippen molar-refractivity contribution < 1.29 is 21.8 Å². The van der Waals surface area contributed by atoms with Gasteiger partial charge in [0, 0.05) is 9.52 Å². The molecule has 1 N–H and O–H groups in total. The quantitative estimate of drug-likeness (QED) is 0.308. The molecule has 0 saturated heterocycles. The van der Waals surface area contributed by atoms with E-state index in [-0.39, 0.29) is 0 Å². The Morgan fingerprint density at radius 2 is 1.68 bits per heavy atom. The second-order valence-electron chi connectivity index (χ2n) is 4.92. The van der Waals surface area contributed by atoms with Gasteiger partial charge in [0.05, 0.1) is 5.91 Å². The zero-order chi connectivity index (χ0) is 19.1. The van der Waals surface area contributed by atoms with E-state index >= 15 is 0 Å². The molecule has 0 heterocycles. The van der Waals surface area contributed by atoms with Gasteiger partial charge in [-0.3, -0.25) is 0 Å². The SMILES string of the molecule is C[Si]C.Cc1cccc(C([NH-])=O)c1.[Cl][Ti][Cl].c1ccc2[cH-]ccc2c1. The number of hydrogen-bond acceptors (Lipinski definition) is 1. The van der Waals surface area contributed by atoms with Crippen LogP contribution in [0.4, 0.5) is 0 Å². The number of fused-ring (bicyclic) bond motifs is 1. The number of hydrogen-bond donors (Lipinski definition) is 0. The molecule has 0 spiro atoms. The van der Waals surface area contributed by atoms with Gasteiger partial charge in [-0.15, -0.1) is 29.7 Å². The summed E-state index contributed by atoms with van der Waals surface area (Å²) in [6.45, 7) is 6.20. The fraction of sp³-hybridized carbons (Fsp3) is 0.158. The average molecular weight is 426 g/mol. The minimum atomic E-state index is -0.622. The van der Waals surface area contributed by atoms with Crippen LogP contribution in [0.2, 0.25) is 13.1 Å². The Bertz CT molecular complexity index is 702. The Hall–Kier alpha value is -0.969. The summed E-state index contributed by atoms with van der Waals surface area (Å²) in [5.41, 5.74) is 8.25. The summed E-state index contributed by atoms with van der Waals surface area (Å²) in [4.78, 5) is 10.5. The van der Waals surface area contributed by atoms with Gasteiger partial charge >= 0.3 is 35.6 Å². The average Bonchev–Trinajstić information content (AvgIpc) is 3.05. The van der Waals surface area contributed by atoms with E-state index in [0.29, 0.717) is 5.56 Å². The molecule has 0 fully saturated rings. The van der Waals surface area contributed by atoms with Crippen LogP contribution >= 0.6 is 18.6 Å². The van der Waals surface area contributed by atoms with Crippen molar-refractivity contribution in [2.24, 2.45) is 0 Å². The van der Waals surface area contributed by atoms with E-state index < -0.39 is 22.9 Å². The zero-order valence-electron chi connectivity index (χ0n) is 14.5. The van der Waals surface area contributed by atoms with Crippen LogP contribution in [0.1, 0.15) is 15.9 Å². The molecule has 3 aromatic rings. The monoisotopic (exact) mass is 425 g/mol.